The van der Waals surface area contributed by atoms with Crippen LogP contribution in [0.25, 0.3) is 5.69 Å². The fourth-order valence-corrected chi connectivity index (χ4v) is 2.83. The van der Waals surface area contributed by atoms with Crippen molar-refractivity contribution in [1.29, 1.82) is 0 Å². The third-order valence-electron chi connectivity index (χ3n) is 3.13. The molecule has 5 nitrogen and oxygen atoms in total. The van der Waals surface area contributed by atoms with Crippen molar-refractivity contribution in [3.63, 3.8) is 0 Å². The van der Waals surface area contributed by atoms with E-state index >= 15 is 0 Å². The van der Waals surface area contributed by atoms with E-state index in [1.165, 1.54) is 4.90 Å². The Balaban J connectivity index is 2.27. The molecule has 2 aromatic rings. The minimum Gasteiger partial charge on any atom is -0.389 e. The highest BCUT2D eigenvalue weighted by Crippen LogP contribution is 2.19. The zero-order valence-corrected chi connectivity index (χ0v) is 14.1. The molecule has 0 bridgehead atoms. The highest BCUT2D eigenvalue weighted by atomic mass is 32.2. The monoisotopic (exact) mass is 319 g/mol. The Bertz CT molecular complexity index is 661. The number of hydrogen-bond acceptors (Lipinski definition) is 4. The molecule has 1 N–H and O–H groups in total. The first-order valence-electron chi connectivity index (χ1n) is 6.97. The summed E-state index contributed by atoms with van der Waals surface area (Å²) in [4.78, 5) is 18.3. The predicted molar refractivity (Wildman–Crippen MR) is 88.6 cm³/mol. The lowest BCUT2D eigenvalue weighted by Crippen LogP contribution is -2.39. The Morgan fingerprint density at radius 2 is 2.18 bits per heavy atom. The van der Waals surface area contributed by atoms with Crippen LogP contribution >= 0.6 is 11.8 Å². The van der Waals surface area contributed by atoms with Crippen molar-refractivity contribution in [3.8, 4) is 5.69 Å². The average Bonchev–Trinajstić information content (AvgIpc) is 2.93. The van der Waals surface area contributed by atoms with Crippen molar-refractivity contribution in [1.82, 2.24) is 14.5 Å². The predicted octanol–water partition coefficient (Wildman–Crippen LogP) is 2.44. The molecular weight excluding hydrogens is 298 g/mol. The zero-order chi connectivity index (χ0) is 16.3. The number of aromatic nitrogens is 2. The van der Waals surface area contributed by atoms with Crippen LogP contribution in [0.15, 0.2) is 41.8 Å². The van der Waals surface area contributed by atoms with Crippen molar-refractivity contribution in [2.45, 2.75) is 24.6 Å². The Morgan fingerprint density at radius 1 is 1.45 bits per heavy atom. The smallest absolute Gasteiger partial charge is 0.253 e. The van der Waals surface area contributed by atoms with Crippen molar-refractivity contribution in [2.24, 2.45) is 0 Å². The van der Waals surface area contributed by atoms with Gasteiger partial charge in [-0.2, -0.15) is 0 Å². The molecule has 1 heterocycles. The van der Waals surface area contributed by atoms with E-state index in [4.69, 9.17) is 0 Å². The number of amides is 1. The number of aliphatic hydroxyl groups is 1. The highest BCUT2D eigenvalue weighted by Gasteiger charge is 2.20. The summed E-state index contributed by atoms with van der Waals surface area (Å²) in [6, 6.07) is 7.41. The summed E-state index contributed by atoms with van der Waals surface area (Å²) in [7, 11) is 1.69. The van der Waals surface area contributed by atoms with Gasteiger partial charge in [-0.1, -0.05) is 17.8 Å². The van der Waals surface area contributed by atoms with Gasteiger partial charge in [0.15, 0.2) is 5.16 Å². The molecule has 1 amide bonds. The maximum atomic E-state index is 12.5. The molecular formula is C16H21N3O2S. The lowest BCUT2D eigenvalue weighted by atomic mass is 10.1. The fraction of sp³-hybridized carbons (Fsp3) is 0.375. The Morgan fingerprint density at radius 3 is 2.82 bits per heavy atom. The van der Waals surface area contributed by atoms with Crippen molar-refractivity contribution >= 4 is 17.7 Å². The van der Waals surface area contributed by atoms with Gasteiger partial charge in [0.05, 0.1) is 5.60 Å². The Kier molecular flexibility index (Phi) is 4.93. The Labute approximate surface area is 135 Å². The molecule has 0 unspecified atom stereocenters. The number of rotatable bonds is 5. The first-order valence-corrected chi connectivity index (χ1v) is 8.20. The van der Waals surface area contributed by atoms with Gasteiger partial charge in [-0.05, 0) is 38.3 Å². The molecule has 0 spiro atoms. The lowest BCUT2D eigenvalue weighted by Gasteiger charge is -2.25. The third kappa shape index (κ3) is 3.90. The summed E-state index contributed by atoms with van der Waals surface area (Å²) < 4.78 is 1.94. The van der Waals surface area contributed by atoms with Gasteiger partial charge in [0.1, 0.15) is 0 Å². The summed E-state index contributed by atoms with van der Waals surface area (Å²) in [6.45, 7) is 3.64. The molecule has 0 atom stereocenters. The van der Waals surface area contributed by atoms with Gasteiger partial charge in [0.2, 0.25) is 0 Å². The number of thioether (sulfide) groups is 1. The van der Waals surface area contributed by atoms with E-state index in [0.717, 1.165) is 10.8 Å². The molecule has 6 heteroatoms. The van der Waals surface area contributed by atoms with Crippen LogP contribution < -0.4 is 0 Å². The zero-order valence-electron chi connectivity index (χ0n) is 13.3. The number of carbonyl (C=O) groups is 1. The van der Waals surface area contributed by atoms with Crippen LogP contribution in [0.5, 0.6) is 0 Å². The molecule has 0 aliphatic carbocycles. The number of hydrogen-bond donors (Lipinski definition) is 1. The minimum atomic E-state index is -0.918. The van der Waals surface area contributed by atoms with Gasteiger partial charge in [0, 0.05) is 37.2 Å². The lowest BCUT2D eigenvalue weighted by molar-refractivity contribution is 0.0368. The number of benzene rings is 1. The van der Waals surface area contributed by atoms with Gasteiger partial charge in [0.25, 0.3) is 5.91 Å². The van der Waals surface area contributed by atoms with Crippen LogP contribution in [0, 0.1) is 0 Å². The van der Waals surface area contributed by atoms with E-state index in [2.05, 4.69) is 4.98 Å². The van der Waals surface area contributed by atoms with Crippen LogP contribution in [0.3, 0.4) is 0 Å². The molecule has 0 aliphatic heterocycles. The second kappa shape index (κ2) is 6.54. The number of nitrogens with zero attached hydrogens (tertiary/aromatic N) is 3. The summed E-state index contributed by atoms with van der Waals surface area (Å²) >= 11 is 1.55. The molecule has 0 radical (unpaired) electrons. The van der Waals surface area contributed by atoms with E-state index < -0.39 is 5.60 Å². The van der Waals surface area contributed by atoms with Crippen LogP contribution in [0.1, 0.15) is 24.2 Å². The second-order valence-corrected chi connectivity index (χ2v) is 6.58. The van der Waals surface area contributed by atoms with E-state index in [0.29, 0.717) is 5.56 Å². The highest BCUT2D eigenvalue weighted by molar-refractivity contribution is 7.98. The quantitative estimate of drug-likeness (QED) is 0.860. The summed E-state index contributed by atoms with van der Waals surface area (Å²) in [5, 5.41) is 10.7. The van der Waals surface area contributed by atoms with Gasteiger partial charge in [-0.3, -0.25) is 9.36 Å². The summed E-state index contributed by atoms with van der Waals surface area (Å²) in [5.41, 5.74) is 0.563. The van der Waals surface area contributed by atoms with Gasteiger partial charge >= 0.3 is 0 Å². The van der Waals surface area contributed by atoms with Gasteiger partial charge in [-0.25, -0.2) is 4.98 Å². The Hall–Kier alpha value is -1.79. The van der Waals surface area contributed by atoms with E-state index in [-0.39, 0.29) is 12.5 Å². The van der Waals surface area contributed by atoms with E-state index in [1.807, 2.05) is 35.2 Å². The molecule has 0 fully saturated rings. The van der Waals surface area contributed by atoms with Crippen LogP contribution in [-0.2, 0) is 0 Å². The fourth-order valence-electron chi connectivity index (χ4n) is 2.30. The van der Waals surface area contributed by atoms with Crippen LogP contribution in [-0.4, -0.2) is 50.9 Å². The molecule has 2 rings (SSSR count). The third-order valence-corrected chi connectivity index (χ3v) is 3.80. The summed E-state index contributed by atoms with van der Waals surface area (Å²) in [6.07, 6.45) is 5.57. The molecule has 1 aromatic carbocycles. The molecule has 1 aromatic heterocycles. The average molecular weight is 319 g/mol. The number of carbonyl (C=O) groups excluding carboxylic acids is 1. The first-order chi connectivity index (χ1) is 10.3. The maximum Gasteiger partial charge on any atom is 0.253 e. The molecule has 0 saturated heterocycles. The number of imidazole rings is 1. The van der Waals surface area contributed by atoms with Crippen molar-refractivity contribution in [2.75, 3.05) is 19.8 Å². The second-order valence-electron chi connectivity index (χ2n) is 5.81. The van der Waals surface area contributed by atoms with Crippen molar-refractivity contribution in [3.05, 3.63) is 42.2 Å². The molecule has 0 aliphatic rings. The van der Waals surface area contributed by atoms with Gasteiger partial charge < -0.3 is 10.0 Å². The first kappa shape index (κ1) is 16.6. The standard InChI is InChI=1S/C16H21N3O2S/c1-16(2,21)11-18(3)14(20)12-6-5-7-13(10-12)19-9-8-17-15(19)22-4/h5-10,21H,11H2,1-4H3. The molecule has 118 valence electrons. The topological polar surface area (TPSA) is 58.4 Å². The maximum absolute atomic E-state index is 12.5. The molecule has 22 heavy (non-hydrogen) atoms. The van der Waals surface area contributed by atoms with Crippen molar-refractivity contribution < 1.29 is 9.90 Å². The minimum absolute atomic E-state index is 0.116. The van der Waals surface area contributed by atoms with Gasteiger partial charge in [-0.15, -0.1) is 0 Å². The molecule has 0 saturated carbocycles. The normalized spacial score (nSPS) is 11.5. The number of likely N-dealkylation sites (N-methyl/N-ethyl adjacent to an activating group) is 1. The van der Waals surface area contributed by atoms with Crippen LogP contribution in [0.4, 0.5) is 0 Å². The largest absolute Gasteiger partial charge is 0.389 e. The summed E-state index contributed by atoms with van der Waals surface area (Å²) in [5.74, 6) is -0.116. The SMILES string of the molecule is CSc1nccn1-c1cccc(C(=O)N(C)CC(C)(C)O)c1. The van der Waals surface area contributed by atoms with E-state index in [1.54, 1.807) is 44.9 Å². The van der Waals surface area contributed by atoms with Crippen LogP contribution in [0.2, 0.25) is 0 Å². The van der Waals surface area contributed by atoms with E-state index in [9.17, 15) is 9.90 Å².